The van der Waals surface area contributed by atoms with Crippen LogP contribution < -0.4 is 10.1 Å². The molecule has 0 fully saturated rings. The zero-order valence-corrected chi connectivity index (χ0v) is 14.3. The molecule has 2 aromatic rings. The smallest absolute Gasteiger partial charge is 0.337 e. The van der Waals surface area contributed by atoms with Crippen LogP contribution >= 0.6 is 11.8 Å². The first-order valence-electron chi connectivity index (χ1n) is 7.34. The zero-order chi connectivity index (χ0) is 18.1. The third-order valence-corrected chi connectivity index (χ3v) is 4.04. The highest BCUT2D eigenvalue weighted by molar-refractivity contribution is 7.99. The molecule has 0 aliphatic carbocycles. The van der Waals surface area contributed by atoms with Crippen molar-refractivity contribution in [3.8, 4) is 11.8 Å². The summed E-state index contributed by atoms with van der Waals surface area (Å²) >= 11 is 1.35. The Morgan fingerprint density at radius 1 is 1.16 bits per heavy atom. The van der Waals surface area contributed by atoms with Gasteiger partial charge in [-0.15, -0.1) is 11.8 Å². The Morgan fingerprint density at radius 2 is 1.88 bits per heavy atom. The van der Waals surface area contributed by atoms with Gasteiger partial charge in [0, 0.05) is 4.90 Å². The van der Waals surface area contributed by atoms with Gasteiger partial charge in [-0.2, -0.15) is 5.26 Å². The fourth-order valence-corrected chi connectivity index (χ4v) is 2.62. The molecule has 6 nitrogen and oxygen atoms in total. The average molecular weight is 356 g/mol. The number of benzene rings is 2. The molecule has 0 saturated carbocycles. The van der Waals surface area contributed by atoms with Crippen molar-refractivity contribution in [1.82, 2.24) is 0 Å². The molecule has 2 rings (SSSR count). The minimum absolute atomic E-state index is 0.172. The van der Waals surface area contributed by atoms with Crippen molar-refractivity contribution >= 4 is 29.3 Å². The van der Waals surface area contributed by atoms with E-state index in [0.717, 1.165) is 4.90 Å². The summed E-state index contributed by atoms with van der Waals surface area (Å²) in [5.41, 5.74) is 1.04. The predicted molar refractivity (Wildman–Crippen MR) is 94.7 cm³/mol. The highest BCUT2D eigenvalue weighted by Crippen LogP contribution is 2.26. The van der Waals surface area contributed by atoms with E-state index in [9.17, 15) is 9.59 Å². The van der Waals surface area contributed by atoms with Gasteiger partial charge in [0.05, 0.1) is 30.2 Å². The van der Waals surface area contributed by atoms with Gasteiger partial charge in [-0.25, -0.2) is 4.79 Å². The predicted octanol–water partition coefficient (Wildman–Crippen LogP) is 3.11. The van der Waals surface area contributed by atoms with Crippen molar-refractivity contribution in [2.24, 2.45) is 0 Å². The minimum atomic E-state index is -0.434. The Labute approximate surface area is 149 Å². The van der Waals surface area contributed by atoms with Gasteiger partial charge in [0.25, 0.3) is 5.91 Å². The SMILES string of the molecule is COC(=O)c1ccc(OCC(=O)Nc2ccccc2SCC#N)cc1. The van der Waals surface area contributed by atoms with Crippen LogP contribution in [-0.4, -0.2) is 31.3 Å². The van der Waals surface area contributed by atoms with Crippen LogP contribution in [0.2, 0.25) is 0 Å². The number of ether oxygens (including phenoxy) is 2. The van der Waals surface area contributed by atoms with Gasteiger partial charge in [-0.05, 0) is 36.4 Å². The Hall–Kier alpha value is -2.98. The Morgan fingerprint density at radius 3 is 2.56 bits per heavy atom. The number of nitriles is 1. The van der Waals surface area contributed by atoms with Crippen LogP contribution in [0.3, 0.4) is 0 Å². The summed E-state index contributed by atoms with van der Waals surface area (Å²) in [5, 5.41) is 11.4. The highest BCUT2D eigenvalue weighted by Gasteiger charge is 2.09. The van der Waals surface area contributed by atoms with Gasteiger partial charge < -0.3 is 14.8 Å². The van der Waals surface area contributed by atoms with Crippen LogP contribution in [0.4, 0.5) is 5.69 Å². The molecule has 0 heterocycles. The number of carbonyl (C=O) groups excluding carboxylic acids is 2. The van der Waals surface area contributed by atoms with Crippen LogP contribution in [0, 0.1) is 11.3 Å². The maximum absolute atomic E-state index is 12.0. The maximum atomic E-state index is 12.0. The lowest BCUT2D eigenvalue weighted by Crippen LogP contribution is -2.20. The lowest BCUT2D eigenvalue weighted by molar-refractivity contribution is -0.118. The van der Waals surface area contributed by atoms with Crippen LogP contribution in [0.25, 0.3) is 0 Å². The summed E-state index contributed by atoms with van der Waals surface area (Å²) in [4.78, 5) is 24.2. The number of nitrogens with zero attached hydrogens (tertiary/aromatic N) is 1. The second-order valence-electron chi connectivity index (χ2n) is 4.80. The standard InChI is InChI=1S/C18H16N2O4S/c1-23-18(22)13-6-8-14(9-7-13)24-12-17(21)20-15-4-2-3-5-16(15)25-11-10-19/h2-9H,11-12H2,1H3,(H,20,21). The second kappa shape index (κ2) is 9.35. The molecule has 0 aromatic heterocycles. The molecular weight excluding hydrogens is 340 g/mol. The first-order valence-corrected chi connectivity index (χ1v) is 8.32. The highest BCUT2D eigenvalue weighted by atomic mass is 32.2. The number of rotatable bonds is 7. The molecule has 0 aliphatic rings. The number of carbonyl (C=O) groups is 2. The second-order valence-corrected chi connectivity index (χ2v) is 5.81. The Kier molecular flexibility index (Phi) is 6.87. The van der Waals surface area contributed by atoms with E-state index < -0.39 is 5.97 Å². The topological polar surface area (TPSA) is 88.4 Å². The number of anilines is 1. The first-order chi connectivity index (χ1) is 12.1. The van der Waals surface area contributed by atoms with Crippen molar-refractivity contribution in [3.05, 3.63) is 54.1 Å². The summed E-state index contributed by atoms with van der Waals surface area (Å²) in [6.07, 6.45) is 0. The third kappa shape index (κ3) is 5.55. The molecule has 1 N–H and O–H groups in total. The fourth-order valence-electron chi connectivity index (χ4n) is 1.95. The zero-order valence-electron chi connectivity index (χ0n) is 13.5. The van der Waals surface area contributed by atoms with Crippen LogP contribution in [0.1, 0.15) is 10.4 Å². The number of hydrogen-bond acceptors (Lipinski definition) is 6. The Balaban J connectivity index is 1.91. The molecule has 7 heteroatoms. The van der Waals surface area contributed by atoms with E-state index in [4.69, 9.17) is 10.00 Å². The molecule has 0 radical (unpaired) electrons. The Bertz CT molecular complexity index is 784. The molecule has 1 amide bonds. The molecule has 0 spiro atoms. The summed E-state index contributed by atoms with van der Waals surface area (Å²) in [6, 6.07) is 15.6. The minimum Gasteiger partial charge on any atom is -0.484 e. The van der Waals surface area contributed by atoms with Crippen molar-refractivity contribution in [2.75, 3.05) is 24.8 Å². The molecule has 0 aliphatic heterocycles. The number of thioether (sulfide) groups is 1. The number of amides is 1. The molecule has 2 aromatic carbocycles. The number of methoxy groups -OCH3 is 1. The summed E-state index contributed by atoms with van der Waals surface area (Å²) in [6.45, 7) is -0.172. The van der Waals surface area contributed by atoms with E-state index in [2.05, 4.69) is 16.1 Å². The van der Waals surface area contributed by atoms with Crippen molar-refractivity contribution in [1.29, 1.82) is 5.26 Å². The summed E-state index contributed by atoms with van der Waals surface area (Å²) < 4.78 is 10.0. The number of para-hydroxylation sites is 1. The van der Waals surface area contributed by atoms with Crippen LogP contribution in [-0.2, 0) is 9.53 Å². The molecule has 0 atom stereocenters. The van der Waals surface area contributed by atoms with Gasteiger partial charge in [-0.1, -0.05) is 12.1 Å². The third-order valence-electron chi connectivity index (χ3n) is 3.10. The first kappa shape index (κ1) is 18.4. The fraction of sp³-hybridized carbons (Fsp3) is 0.167. The molecule has 25 heavy (non-hydrogen) atoms. The summed E-state index contributed by atoms with van der Waals surface area (Å²) in [7, 11) is 1.31. The van der Waals surface area contributed by atoms with E-state index in [-0.39, 0.29) is 12.5 Å². The number of hydrogen-bond donors (Lipinski definition) is 1. The number of esters is 1. The van der Waals surface area contributed by atoms with Crippen LogP contribution in [0.15, 0.2) is 53.4 Å². The van der Waals surface area contributed by atoms with Crippen molar-refractivity contribution < 1.29 is 19.1 Å². The van der Waals surface area contributed by atoms with Gasteiger partial charge >= 0.3 is 5.97 Å². The quantitative estimate of drug-likeness (QED) is 0.606. The van der Waals surface area contributed by atoms with Gasteiger partial charge in [0.1, 0.15) is 5.75 Å². The van der Waals surface area contributed by atoms with E-state index in [0.29, 0.717) is 22.8 Å². The lowest BCUT2D eigenvalue weighted by Gasteiger charge is -2.10. The van der Waals surface area contributed by atoms with Gasteiger partial charge in [-0.3, -0.25) is 4.79 Å². The average Bonchev–Trinajstić information content (AvgIpc) is 2.65. The van der Waals surface area contributed by atoms with Gasteiger partial charge in [0.15, 0.2) is 6.61 Å². The van der Waals surface area contributed by atoms with E-state index >= 15 is 0 Å². The van der Waals surface area contributed by atoms with Crippen molar-refractivity contribution in [2.45, 2.75) is 4.90 Å². The molecule has 0 saturated heterocycles. The summed E-state index contributed by atoms with van der Waals surface area (Å²) in [5.74, 6) is 0.0170. The van der Waals surface area contributed by atoms with Gasteiger partial charge in [0.2, 0.25) is 0 Å². The molecular formula is C18H16N2O4S. The van der Waals surface area contributed by atoms with E-state index in [1.807, 2.05) is 12.1 Å². The largest absolute Gasteiger partial charge is 0.484 e. The molecule has 0 unspecified atom stereocenters. The monoisotopic (exact) mass is 356 g/mol. The van der Waals surface area contributed by atoms with E-state index in [1.165, 1.54) is 18.9 Å². The number of nitrogens with one attached hydrogen (secondary N) is 1. The maximum Gasteiger partial charge on any atom is 0.337 e. The molecule has 128 valence electrons. The van der Waals surface area contributed by atoms with Crippen molar-refractivity contribution in [3.63, 3.8) is 0 Å². The van der Waals surface area contributed by atoms with E-state index in [1.54, 1.807) is 36.4 Å². The molecule has 0 bridgehead atoms. The lowest BCUT2D eigenvalue weighted by atomic mass is 10.2. The van der Waals surface area contributed by atoms with Crippen LogP contribution in [0.5, 0.6) is 5.75 Å². The normalized spacial score (nSPS) is 9.76.